The van der Waals surface area contributed by atoms with E-state index in [4.69, 9.17) is 4.74 Å². The average molecular weight is 386 g/mol. The van der Waals surface area contributed by atoms with Gasteiger partial charge < -0.3 is 14.4 Å². The maximum atomic E-state index is 13.0. The van der Waals surface area contributed by atoms with Crippen molar-refractivity contribution < 1.29 is 14.6 Å². The van der Waals surface area contributed by atoms with E-state index in [1.807, 2.05) is 35.8 Å². The van der Waals surface area contributed by atoms with Crippen LogP contribution in [0, 0.1) is 17.8 Å². The van der Waals surface area contributed by atoms with Crippen molar-refractivity contribution in [3.8, 4) is 0 Å². The van der Waals surface area contributed by atoms with Crippen molar-refractivity contribution in [3.63, 3.8) is 0 Å². The van der Waals surface area contributed by atoms with Crippen LogP contribution in [0.3, 0.4) is 0 Å². The van der Waals surface area contributed by atoms with Gasteiger partial charge >= 0.3 is 5.97 Å². The standard InChI is InChI=1S/C22H30N2O4/c1-3-6-15-9-10-17-20-19(22(27)28-2)16(13-25)18(12-24(17)21(15)26)23(20)11-14-7-4-5-8-14/h3,6,9-10,14,16,18-20,25H,4-5,7-8,11-13H2,1-2H3/b6-3+/t16-,18-,19+,20+/m1/s1. The minimum Gasteiger partial charge on any atom is -0.469 e. The molecule has 152 valence electrons. The van der Waals surface area contributed by atoms with Gasteiger partial charge in [0, 0.05) is 42.9 Å². The Morgan fingerprint density at radius 2 is 2.07 bits per heavy atom. The van der Waals surface area contributed by atoms with E-state index in [9.17, 15) is 14.7 Å². The number of carbonyl (C=O) groups excluding carboxylic acids is 1. The Morgan fingerprint density at radius 1 is 1.32 bits per heavy atom. The normalized spacial score (nSPS) is 30.1. The van der Waals surface area contributed by atoms with Gasteiger partial charge in [-0.05, 0) is 37.8 Å². The zero-order valence-electron chi connectivity index (χ0n) is 16.7. The van der Waals surface area contributed by atoms with E-state index in [1.54, 1.807) is 0 Å². The Morgan fingerprint density at radius 3 is 2.71 bits per heavy atom. The molecule has 1 saturated carbocycles. The molecule has 6 nitrogen and oxygen atoms in total. The number of aliphatic hydroxyl groups is 1. The molecule has 0 amide bonds. The van der Waals surface area contributed by atoms with Crippen molar-refractivity contribution in [1.82, 2.24) is 9.47 Å². The summed E-state index contributed by atoms with van der Waals surface area (Å²) in [5, 5.41) is 10.2. The van der Waals surface area contributed by atoms with E-state index in [0.29, 0.717) is 18.0 Å². The van der Waals surface area contributed by atoms with Crippen molar-refractivity contribution in [3.05, 3.63) is 39.8 Å². The van der Waals surface area contributed by atoms with Gasteiger partial charge in [0.05, 0.1) is 19.1 Å². The van der Waals surface area contributed by atoms with Crippen LogP contribution in [0.25, 0.3) is 6.08 Å². The topological polar surface area (TPSA) is 71.8 Å². The summed E-state index contributed by atoms with van der Waals surface area (Å²) in [6.45, 7) is 3.25. The van der Waals surface area contributed by atoms with E-state index in [1.165, 1.54) is 32.8 Å². The molecule has 1 aliphatic carbocycles. The first kappa shape index (κ1) is 19.4. The summed E-state index contributed by atoms with van der Waals surface area (Å²) in [4.78, 5) is 28.1. The molecule has 0 spiro atoms. The molecule has 1 aromatic rings. The Bertz CT molecular complexity index is 824. The van der Waals surface area contributed by atoms with Gasteiger partial charge in [0.2, 0.25) is 0 Å². The molecule has 1 N–H and O–H groups in total. The highest BCUT2D eigenvalue weighted by Crippen LogP contribution is 2.49. The van der Waals surface area contributed by atoms with E-state index in [0.717, 1.165) is 12.2 Å². The number of aliphatic hydroxyl groups excluding tert-OH is 1. The van der Waals surface area contributed by atoms with Crippen LogP contribution in [0.15, 0.2) is 23.0 Å². The summed E-state index contributed by atoms with van der Waals surface area (Å²) < 4.78 is 6.95. The number of methoxy groups -OCH3 is 1. The van der Waals surface area contributed by atoms with Gasteiger partial charge in [-0.3, -0.25) is 14.5 Å². The number of ether oxygens (including phenoxy) is 1. The zero-order chi connectivity index (χ0) is 19.8. The average Bonchev–Trinajstić information content (AvgIpc) is 3.28. The number of aromatic nitrogens is 1. The highest BCUT2D eigenvalue weighted by molar-refractivity contribution is 5.74. The second kappa shape index (κ2) is 7.84. The van der Waals surface area contributed by atoms with Crippen LogP contribution in [0.1, 0.15) is 49.9 Å². The largest absolute Gasteiger partial charge is 0.469 e. The monoisotopic (exact) mass is 386 g/mol. The van der Waals surface area contributed by atoms with Crippen LogP contribution in [0.2, 0.25) is 0 Å². The first-order valence-electron chi connectivity index (χ1n) is 10.4. The van der Waals surface area contributed by atoms with Crippen LogP contribution in [-0.4, -0.2) is 46.8 Å². The number of nitrogens with zero attached hydrogens (tertiary/aromatic N) is 2. The Labute approximate surface area is 165 Å². The third-order valence-electron chi connectivity index (χ3n) is 6.96. The number of esters is 1. The lowest BCUT2D eigenvalue weighted by Gasteiger charge is -2.39. The fraction of sp³-hybridized carbons (Fsp3) is 0.636. The predicted octanol–water partition coefficient (Wildman–Crippen LogP) is 2.21. The number of hydrogen-bond donors (Lipinski definition) is 1. The summed E-state index contributed by atoms with van der Waals surface area (Å²) in [7, 11) is 1.41. The summed E-state index contributed by atoms with van der Waals surface area (Å²) in [5.74, 6) is -0.326. The highest BCUT2D eigenvalue weighted by atomic mass is 16.5. The molecule has 4 atom stereocenters. The number of carbonyl (C=O) groups is 1. The Balaban J connectivity index is 1.80. The summed E-state index contributed by atoms with van der Waals surface area (Å²) >= 11 is 0. The molecule has 2 fully saturated rings. The molecule has 0 unspecified atom stereocenters. The summed E-state index contributed by atoms with van der Waals surface area (Å²) in [6, 6.07) is 3.60. The van der Waals surface area contributed by atoms with Crippen LogP contribution in [0.4, 0.5) is 0 Å². The smallest absolute Gasteiger partial charge is 0.311 e. The van der Waals surface area contributed by atoms with E-state index in [-0.39, 0.29) is 36.1 Å². The van der Waals surface area contributed by atoms with E-state index >= 15 is 0 Å². The van der Waals surface area contributed by atoms with Gasteiger partial charge in [0.15, 0.2) is 0 Å². The first-order chi connectivity index (χ1) is 13.6. The van der Waals surface area contributed by atoms with Crippen molar-refractivity contribution in [2.75, 3.05) is 20.3 Å². The molecule has 0 radical (unpaired) electrons. The fourth-order valence-electron chi connectivity index (χ4n) is 5.69. The second-order valence-corrected chi connectivity index (χ2v) is 8.38. The van der Waals surface area contributed by atoms with Gasteiger partial charge in [-0.2, -0.15) is 0 Å². The summed E-state index contributed by atoms with van der Waals surface area (Å²) in [5.41, 5.74) is 1.51. The molecular formula is C22H30N2O4. The lowest BCUT2D eigenvalue weighted by molar-refractivity contribution is -0.148. The van der Waals surface area contributed by atoms with Gasteiger partial charge in [-0.15, -0.1) is 0 Å². The van der Waals surface area contributed by atoms with Crippen LogP contribution in [-0.2, 0) is 16.1 Å². The molecule has 28 heavy (non-hydrogen) atoms. The molecule has 2 bridgehead atoms. The van der Waals surface area contributed by atoms with Crippen LogP contribution >= 0.6 is 0 Å². The molecule has 2 aliphatic heterocycles. The van der Waals surface area contributed by atoms with Crippen molar-refractivity contribution >= 4 is 12.0 Å². The van der Waals surface area contributed by atoms with E-state index < -0.39 is 5.92 Å². The SMILES string of the molecule is C/C=C/c1ccc2n(c1=O)C[C@@H]1[C@@H](CO)[C@H](C(=O)OC)[C@H]2N1CC1CCCC1. The number of allylic oxidation sites excluding steroid dienone is 1. The van der Waals surface area contributed by atoms with Crippen molar-refractivity contribution in [2.24, 2.45) is 17.8 Å². The molecular weight excluding hydrogens is 356 g/mol. The van der Waals surface area contributed by atoms with Gasteiger partial charge in [0.25, 0.3) is 5.56 Å². The molecule has 3 aliphatic rings. The van der Waals surface area contributed by atoms with Gasteiger partial charge in [-0.1, -0.05) is 25.0 Å². The molecule has 1 saturated heterocycles. The zero-order valence-corrected chi connectivity index (χ0v) is 16.7. The minimum absolute atomic E-state index is 0.0201. The predicted molar refractivity (Wildman–Crippen MR) is 107 cm³/mol. The minimum atomic E-state index is -0.442. The second-order valence-electron chi connectivity index (χ2n) is 8.38. The molecule has 1 aromatic heterocycles. The fourth-order valence-corrected chi connectivity index (χ4v) is 5.69. The van der Waals surface area contributed by atoms with Crippen LogP contribution in [0.5, 0.6) is 0 Å². The third kappa shape index (κ3) is 3.03. The molecule has 3 heterocycles. The van der Waals surface area contributed by atoms with Crippen molar-refractivity contribution in [2.45, 2.75) is 51.2 Å². The molecule has 0 aromatic carbocycles. The third-order valence-corrected chi connectivity index (χ3v) is 6.96. The lowest BCUT2D eigenvalue weighted by atomic mass is 9.87. The number of rotatable bonds is 5. The molecule has 6 heteroatoms. The first-order valence-corrected chi connectivity index (χ1v) is 10.4. The van der Waals surface area contributed by atoms with Gasteiger partial charge in [-0.25, -0.2) is 0 Å². The number of pyridine rings is 1. The number of fused-ring (bicyclic) bond motifs is 4. The Hall–Kier alpha value is -1.92. The maximum absolute atomic E-state index is 13.0. The highest BCUT2D eigenvalue weighted by Gasteiger charge is 2.56. The van der Waals surface area contributed by atoms with Crippen LogP contribution < -0.4 is 5.56 Å². The summed E-state index contributed by atoms with van der Waals surface area (Å²) in [6.07, 6.45) is 8.65. The van der Waals surface area contributed by atoms with E-state index in [2.05, 4.69) is 4.90 Å². The Kier molecular flexibility index (Phi) is 5.43. The van der Waals surface area contributed by atoms with Gasteiger partial charge in [0.1, 0.15) is 0 Å². The van der Waals surface area contributed by atoms with Crippen molar-refractivity contribution in [1.29, 1.82) is 0 Å². The molecule has 4 rings (SSSR count). The number of hydrogen-bond acceptors (Lipinski definition) is 5. The maximum Gasteiger partial charge on any atom is 0.311 e. The quantitative estimate of drug-likeness (QED) is 0.786. The lowest BCUT2D eigenvalue weighted by Crippen LogP contribution is -2.48.